The number of rotatable bonds is 4. The third-order valence-electron chi connectivity index (χ3n) is 3.07. The molecule has 6 heteroatoms. The largest absolute Gasteiger partial charge is 0.389 e. The van der Waals surface area contributed by atoms with Gasteiger partial charge in [-0.25, -0.2) is 0 Å². The molecule has 1 heterocycles. The molecule has 3 nitrogen and oxygen atoms in total. The van der Waals surface area contributed by atoms with Crippen LogP contribution in [0.15, 0.2) is 18.2 Å². The van der Waals surface area contributed by atoms with Gasteiger partial charge in [0.05, 0.1) is 13.2 Å². The Bertz CT molecular complexity index is 420. The van der Waals surface area contributed by atoms with Crippen molar-refractivity contribution in [1.29, 1.82) is 0 Å². The summed E-state index contributed by atoms with van der Waals surface area (Å²) < 4.78 is 41.9. The normalized spacial score (nSPS) is 16.7. The van der Waals surface area contributed by atoms with Crippen molar-refractivity contribution in [3.05, 3.63) is 34.9 Å². The third kappa shape index (κ3) is 3.22. The molecule has 100 valence electrons. The third-order valence-corrected chi connectivity index (χ3v) is 3.07. The molecule has 3 N–H and O–H groups in total. The number of hydrogen-bond donors (Lipinski definition) is 2. The molecule has 1 atom stereocenters. The summed E-state index contributed by atoms with van der Waals surface area (Å²) in [6, 6.07) is 5.06. The molecule has 2 rings (SSSR count). The van der Waals surface area contributed by atoms with E-state index in [2.05, 4.69) is 5.43 Å². The lowest BCUT2D eigenvalue weighted by molar-refractivity contribution is -0.136. The molecule has 0 saturated carbocycles. The standard InChI is InChI=1S/C12H15F3N2O/c13-12(14,15)4-3-11(17-16)8-1-2-9-6-18-7-10(9)5-8/h1-2,5,11,17H,3-4,6-7,16H2. The van der Waals surface area contributed by atoms with Crippen molar-refractivity contribution in [3.8, 4) is 0 Å². The Kier molecular flexibility index (Phi) is 3.89. The Morgan fingerprint density at radius 2 is 2.00 bits per heavy atom. The summed E-state index contributed by atoms with van der Waals surface area (Å²) in [5.74, 6) is 5.33. The number of halogens is 3. The fraction of sp³-hybridized carbons (Fsp3) is 0.500. The minimum atomic E-state index is -4.16. The average molecular weight is 260 g/mol. The number of nitrogens with two attached hydrogens (primary N) is 1. The van der Waals surface area contributed by atoms with Gasteiger partial charge in [0.15, 0.2) is 0 Å². The quantitative estimate of drug-likeness (QED) is 0.646. The number of fused-ring (bicyclic) bond motifs is 1. The lowest BCUT2D eigenvalue weighted by Crippen LogP contribution is -2.29. The molecule has 0 aliphatic carbocycles. The number of hydrazine groups is 1. The van der Waals surface area contributed by atoms with Gasteiger partial charge >= 0.3 is 6.18 Å². The highest BCUT2D eigenvalue weighted by molar-refractivity contribution is 5.34. The van der Waals surface area contributed by atoms with Crippen molar-refractivity contribution in [2.75, 3.05) is 0 Å². The molecule has 1 aromatic rings. The first-order valence-electron chi connectivity index (χ1n) is 5.72. The predicted molar refractivity (Wildman–Crippen MR) is 60.3 cm³/mol. The van der Waals surface area contributed by atoms with Crippen molar-refractivity contribution in [2.24, 2.45) is 5.84 Å². The number of ether oxygens (including phenoxy) is 1. The summed E-state index contributed by atoms with van der Waals surface area (Å²) in [6.07, 6.45) is -5.08. The number of benzene rings is 1. The predicted octanol–water partition coefficient (Wildman–Crippen LogP) is 2.56. The molecule has 0 radical (unpaired) electrons. The second kappa shape index (κ2) is 5.26. The topological polar surface area (TPSA) is 47.3 Å². The Morgan fingerprint density at radius 3 is 2.67 bits per heavy atom. The fourth-order valence-corrected chi connectivity index (χ4v) is 2.06. The van der Waals surface area contributed by atoms with Gasteiger partial charge in [-0.3, -0.25) is 11.3 Å². The van der Waals surface area contributed by atoms with Gasteiger partial charge in [0, 0.05) is 12.5 Å². The Hall–Kier alpha value is -1.11. The van der Waals surface area contributed by atoms with Gasteiger partial charge in [-0.05, 0) is 23.1 Å². The van der Waals surface area contributed by atoms with Gasteiger partial charge in [-0.1, -0.05) is 18.2 Å². The van der Waals surface area contributed by atoms with Gasteiger partial charge in [0.1, 0.15) is 0 Å². The molecular formula is C12H15F3N2O. The highest BCUT2D eigenvalue weighted by Gasteiger charge is 2.28. The van der Waals surface area contributed by atoms with E-state index in [9.17, 15) is 13.2 Å². The summed E-state index contributed by atoms with van der Waals surface area (Å²) in [5, 5.41) is 0. The maximum atomic E-state index is 12.2. The van der Waals surface area contributed by atoms with Gasteiger partial charge in [-0.2, -0.15) is 13.2 Å². The van der Waals surface area contributed by atoms with E-state index in [1.165, 1.54) is 0 Å². The van der Waals surface area contributed by atoms with E-state index in [4.69, 9.17) is 10.6 Å². The number of nitrogens with one attached hydrogen (secondary N) is 1. The Labute approximate surface area is 103 Å². The summed E-state index contributed by atoms with van der Waals surface area (Å²) in [7, 11) is 0. The summed E-state index contributed by atoms with van der Waals surface area (Å²) in [6.45, 7) is 1.08. The van der Waals surface area contributed by atoms with Crippen molar-refractivity contribution < 1.29 is 17.9 Å². The summed E-state index contributed by atoms with van der Waals surface area (Å²) in [5.41, 5.74) is 5.33. The molecule has 0 aromatic heterocycles. The lowest BCUT2D eigenvalue weighted by atomic mass is 9.98. The van der Waals surface area contributed by atoms with Crippen LogP contribution in [0.4, 0.5) is 13.2 Å². The van der Waals surface area contributed by atoms with E-state index in [1.807, 2.05) is 12.1 Å². The van der Waals surface area contributed by atoms with Crippen molar-refractivity contribution >= 4 is 0 Å². The first-order chi connectivity index (χ1) is 8.49. The van der Waals surface area contributed by atoms with E-state index >= 15 is 0 Å². The zero-order valence-electron chi connectivity index (χ0n) is 9.76. The SMILES string of the molecule is NNC(CCC(F)(F)F)c1ccc2c(c1)COC2. The zero-order valence-corrected chi connectivity index (χ0v) is 9.76. The van der Waals surface area contributed by atoms with Gasteiger partial charge < -0.3 is 4.74 Å². The molecule has 0 amide bonds. The molecule has 1 aromatic carbocycles. The van der Waals surface area contributed by atoms with Crippen LogP contribution in [0.1, 0.15) is 35.6 Å². The Morgan fingerprint density at radius 1 is 1.28 bits per heavy atom. The molecule has 0 bridgehead atoms. The minimum absolute atomic E-state index is 0.0698. The van der Waals surface area contributed by atoms with Crippen molar-refractivity contribution in [3.63, 3.8) is 0 Å². The van der Waals surface area contributed by atoms with Crippen LogP contribution < -0.4 is 11.3 Å². The van der Waals surface area contributed by atoms with Crippen LogP contribution in [-0.2, 0) is 18.0 Å². The molecule has 1 aliphatic rings. The highest BCUT2D eigenvalue weighted by atomic mass is 19.4. The van der Waals surface area contributed by atoms with Crippen LogP contribution >= 0.6 is 0 Å². The van der Waals surface area contributed by atoms with Crippen molar-refractivity contribution in [1.82, 2.24) is 5.43 Å². The van der Waals surface area contributed by atoms with E-state index in [0.29, 0.717) is 13.2 Å². The molecular weight excluding hydrogens is 245 g/mol. The van der Waals surface area contributed by atoms with E-state index in [0.717, 1.165) is 16.7 Å². The fourth-order valence-electron chi connectivity index (χ4n) is 2.06. The molecule has 0 spiro atoms. The maximum Gasteiger partial charge on any atom is 0.389 e. The van der Waals surface area contributed by atoms with Crippen LogP contribution in [-0.4, -0.2) is 6.18 Å². The Balaban J connectivity index is 2.08. The van der Waals surface area contributed by atoms with Crippen LogP contribution in [0.3, 0.4) is 0 Å². The second-order valence-electron chi connectivity index (χ2n) is 4.39. The molecule has 0 fully saturated rings. The molecule has 0 saturated heterocycles. The van der Waals surface area contributed by atoms with Crippen LogP contribution in [0.25, 0.3) is 0 Å². The lowest BCUT2D eigenvalue weighted by Gasteiger charge is -2.18. The smallest absolute Gasteiger partial charge is 0.372 e. The monoisotopic (exact) mass is 260 g/mol. The van der Waals surface area contributed by atoms with Crippen LogP contribution in [0.5, 0.6) is 0 Å². The van der Waals surface area contributed by atoms with Crippen molar-refractivity contribution in [2.45, 2.75) is 38.3 Å². The van der Waals surface area contributed by atoms with Crippen LogP contribution in [0, 0.1) is 0 Å². The second-order valence-corrected chi connectivity index (χ2v) is 4.39. The van der Waals surface area contributed by atoms with E-state index in [-0.39, 0.29) is 6.42 Å². The first-order valence-corrected chi connectivity index (χ1v) is 5.72. The van der Waals surface area contributed by atoms with Crippen LogP contribution in [0.2, 0.25) is 0 Å². The molecule has 1 aliphatic heterocycles. The van der Waals surface area contributed by atoms with Gasteiger partial charge in [-0.15, -0.1) is 0 Å². The van der Waals surface area contributed by atoms with E-state index in [1.54, 1.807) is 6.07 Å². The number of hydrogen-bond acceptors (Lipinski definition) is 3. The summed E-state index contributed by atoms with van der Waals surface area (Å²) in [4.78, 5) is 0. The first kappa shape index (κ1) is 13.3. The zero-order chi connectivity index (χ0) is 13.2. The summed E-state index contributed by atoms with van der Waals surface area (Å²) >= 11 is 0. The highest BCUT2D eigenvalue weighted by Crippen LogP contribution is 2.29. The van der Waals surface area contributed by atoms with E-state index < -0.39 is 18.6 Å². The van der Waals surface area contributed by atoms with Gasteiger partial charge in [0.25, 0.3) is 0 Å². The molecule has 1 unspecified atom stereocenters. The van der Waals surface area contributed by atoms with Gasteiger partial charge in [0.2, 0.25) is 0 Å². The maximum absolute atomic E-state index is 12.2. The minimum Gasteiger partial charge on any atom is -0.372 e. The average Bonchev–Trinajstić information content (AvgIpc) is 2.75. The number of alkyl halides is 3. The molecule has 18 heavy (non-hydrogen) atoms.